The van der Waals surface area contributed by atoms with E-state index in [2.05, 4.69) is 11.4 Å². The smallest absolute Gasteiger partial charge is 0.253 e. The fourth-order valence-electron chi connectivity index (χ4n) is 4.23. The van der Waals surface area contributed by atoms with E-state index in [-0.39, 0.29) is 5.91 Å². The van der Waals surface area contributed by atoms with Crippen LogP contribution in [0.25, 0.3) is 5.57 Å². The van der Waals surface area contributed by atoms with Crippen molar-refractivity contribution in [1.82, 2.24) is 10.2 Å². The van der Waals surface area contributed by atoms with Crippen molar-refractivity contribution in [2.24, 2.45) is 0 Å². The van der Waals surface area contributed by atoms with Crippen molar-refractivity contribution in [1.29, 1.82) is 0 Å². The summed E-state index contributed by atoms with van der Waals surface area (Å²) in [6.45, 7) is 7.33. The summed E-state index contributed by atoms with van der Waals surface area (Å²) in [6.07, 6.45) is 2.01. The number of methoxy groups -OCH3 is 1. The highest BCUT2D eigenvalue weighted by atomic mass is 16.5. The number of hydrogen-bond donors (Lipinski definition) is 1. The van der Waals surface area contributed by atoms with Crippen LogP contribution in [-0.4, -0.2) is 44.1 Å². The molecule has 4 rings (SSSR count). The molecular formula is C24H28N2O3. The van der Waals surface area contributed by atoms with Crippen LogP contribution >= 0.6 is 0 Å². The van der Waals surface area contributed by atoms with Crippen LogP contribution in [-0.2, 0) is 0 Å². The van der Waals surface area contributed by atoms with Crippen molar-refractivity contribution in [2.75, 3.05) is 33.3 Å². The molecule has 2 aromatic rings. The molecule has 2 heterocycles. The number of carbonyl (C=O) groups is 1. The molecule has 0 aliphatic carbocycles. The molecule has 1 amide bonds. The standard InChI is InChI=1S/C24H28N2O3/c1-4-26(5-2)24(27)17-9-10-18-21(15-17)29-23-19(7-6-8-20(23)28-3)22(18)16-11-13-25-14-12-16/h6-10,15,25H,4-5,11-14H2,1-3H3. The highest BCUT2D eigenvalue weighted by Crippen LogP contribution is 2.50. The van der Waals surface area contributed by atoms with Crippen molar-refractivity contribution in [2.45, 2.75) is 26.7 Å². The van der Waals surface area contributed by atoms with Gasteiger partial charge in [-0.1, -0.05) is 17.7 Å². The van der Waals surface area contributed by atoms with Crippen LogP contribution in [0.2, 0.25) is 0 Å². The second kappa shape index (κ2) is 8.29. The number of fused-ring (bicyclic) bond motifs is 2. The summed E-state index contributed by atoms with van der Waals surface area (Å²) in [6, 6.07) is 11.9. The minimum Gasteiger partial charge on any atom is -0.493 e. The lowest BCUT2D eigenvalue weighted by Gasteiger charge is -2.29. The van der Waals surface area contributed by atoms with Crippen molar-refractivity contribution in [3.05, 3.63) is 58.7 Å². The Morgan fingerprint density at radius 1 is 1.10 bits per heavy atom. The minimum absolute atomic E-state index is 0.0308. The molecule has 1 fully saturated rings. The van der Waals surface area contributed by atoms with Crippen molar-refractivity contribution >= 4 is 11.5 Å². The maximum Gasteiger partial charge on any atom is 0.253 e. The lowest BCUT2D eigenvalue weighted by atomic mass is 9.86. The Morgan fingerprint density at radius 2 is 1.86 bits per heavy atom. The largest absolute Gasteiger partial charge is 0.493 e. The summed E-state index contributed by atoms with van der Waals surface area (Å²) in [4.78, 5) is 14.7. The number of para-hydroxylation sites is 1. The Bertz CT molecular complexity index is 953. The highest BCUT2D eigenvalue weighted by Gasteiger charge is 2.28. The first-order valence-electron chi connectivity index (χ1n) is 10.4. The molecule has 2 aromatic carbocycles. The zero-order valence-corrected chi connectivity index (χ0v) is 17.4. The van der Waals surface area contributed by atoms with E-state index in [1.165, 1.54) is 11.1 Å². The molecule has 29 heavy (non-hydrogen) atoms. The second-order valence-corrected chi connectivity index (χ2v) is 7.36. The van der Waals surface area contributed by atoms with Crippen LogP contribution < -0.4 is 14.8 Å². The van der Waals surface area contributed by atoms with E-state index in [0.717, 1.165) is 48.6 Å². The Labute approximate surface area is 172 Å². The first kappa shape index (κ1) is 19.5. The zero-order valence-electron chi connectivity index (χ0n) is 17.4. The fraction of sp³-hybridized carbons (Fsp3) is 0.375. The van der Waals surface area contributed by atoms with Gasteiger partial charge in [0.05, 0.1) is 7.11 Å². The number of rotatable bonds is 4. The maximum atomic E-state index is 12.9. The van der Waals surface area contributed by atoms with Crippen LogP contribution in [0.3, 0.4) is 0 Å². The van der Waals surface area contributed by atoms with Crippen molar-refractivity contribution in [3.63, 3.8) is 0 Å². The number of nitrogens with zero attached hydrogens (tertiary/aromatic N) is 1. The number of piperidine rings is 1. The topological polar surface area (TPSA) is 50.8 Å². The Balaban J connectivity index is 1.86. The fourth-order valence-corrected chi connectivity index (χ4v) is 4.23. The van der Waals surface area contributed by atoms with E-state index in [9.17, 15) is 4.79 Å². The SMILES string of the molecule is CCN(CC)C(=O)c1ccc2c(c1)Oc1c(OC)cccc1C2=C1CCNCC1. The second-order valence-electron chi connectivity index (χ2n) is 7.36. The molecule has 0 aromatic heterocycles. The molecule has 0 bridgehead atoms. The number of amides is 1. The van der Waals surface area contributed by atoms with E-state index in [0.29, 0.717) is 24.4 Å². The first-order chi connectivity index (χ1) is 14.2. The van der Waals surface area contributed by atoms with Gasteiger partial charge in [0.15, 0.2) is 11.5 Å². The minimum atomic E-state index is 0.0308. The Hall–Kier alpha value is -2.79. The molecule has 0 atom stereocenters. The van der Waals surface area contributed by atoms with Crippen LogP contribution in [0.15, 0.2) is 42.0 Å². The monoisotopic (exact) mass is 392 g/mol. The lowest BCUT2D eigenvalue weighted by Crippen LogP contribution is -2.30. The third-order valence-electron chi connectivity index (χ3n) is 5.79. The average Bonchev–Trinajstić information content (AvgIpc) is 2.78. The van der Waals surface area contributed by atoms with Crippen molar-refractivity contribution in [3.8, 4) is 17.2 Å². The molecule has 1 N–H and O–H groups in total. The summed E-state index contributed by atoms with van der Waals surface area (Å²) in [5, 5.41) is 3.43. The maximum absolute atomic E-state index is 12.9. The first-order valence-corrected chi connectivity index (χ1v) is 10.4. The van der Waals surface area contributed by atoms with Crippen molar-refractivity contribution < 1.29 is 14.3 Å². The number of carbonyl (C=O) groups excluding carboxylic acids is 1. The summed E-state index contributed by atoms with van der Waals surface area (Å²) in [5.41, 5.74) is 5.42. The quantitative estimate of drug-likeness (QED) is 0.712. The molecule has 0 spiro atoms. The van der Waals surface area contributed by atoms with Gasteiger partial charge in [-0.15, -0.1) is 0 Å². The predicted molar refractivity (Wildman–Crippen MR) is 115 cm³/mol. The predicted octanol–water partition coefficient (Wildman–Crippen LogP) is 4.47. The molecule has 5 heteroatoms. The van der Waals surface area contributed by atoms with Crippen LogP contribution in [0, 0.1) is 0 Å². The van der Waals surface area contributed by atoms with Gasteiger partial charge in [-0.05, 0) is 69.6 Å². The molecule has 0 saturated carbocycles. The lowest BCUT2D eigenvalue weighted by molar-refractivity contribution is 0.0772. The van der Waals surface area contributed by atoms with E-state index in [1.54, 1.807) is 7.11 Å². The molecule has 5 nitrogen and oxygen atoms in total. The van der Waals surface area contributed by atoms with Gasteiger partial charge < -0.3 is 19.7 Å². The van der Waals surface area contributed by atoms with Gasteiger partial charge in [0.2, 0.25) is 0 Å². The van der Waals surface area contributed by atoms with Gasteiger partial charge in [-0.25, -0.2) is 0 Å². The van der Waals surface area contributed by atoms with E-state index < -0.39 is 0 Å². The normalized spacial score (nSPS) is 15.3. The summed E-state index contributed by atoms with van der Waals surface area (Å²) < 4.78 is 11.9. The third kappa shape index (κ3) is 3.51. The van der Waals surface area contributed by atoms with E-state index in [1.807, 2.05) is 49.1 Å². The Morgan fingerprint density at radius 3 is 2.55 bits per heavy atom. The molecule has 2 aliphatic heterocycles. The molecular weight excluding hydrogens is 364 g/mol. The number of ether oxygens (including phenoxy) is 2. The van der Waals surface area contributed by atoms with E-state index >= 15 is 0 Å². The number of nitrogens with one attached hydrogen (secondary N) is 1. The van der Waals surface area contributed by atoms with Gasteiger partial charge in [0.1, 0.15) is 5.75 Å². The molecule has 152 valence electrons. The Kier molecular flexibility index (Phi) is 5.58. The zero-order chi connectivity index (χ0) is 20.4. The van der Waals surface area contributed by atoms with Gasteiger partial charge in [0.25, 0.3) is 5.91 Å². The summed E-state index contributed by atoms with van der Waals surface area (Å²) in [7, 11) is 1.66. The van der Waals surface area contributed by atoms with Gasteiger partial charge in [0, 0.05) is 29.8 Å². The summed E-state index contributed by atoms with van der Waals surface area (Å²) >= 11 is 0. The average molecular weight is 392 g/mol. The van der Waals surface area contributed by atoms with Crippen LogP contribution in [0.1, 0.15) is 48.2 Å². The molecule has 0 unspecified atom stereocenters. The molecule has 2 aliphatic rings. The number of hydrogen-bond acceptors (Lipinski definition) is 4. The van der Waals surface area contributed by atoms with Gasteiger partial charge in [-0.2, -0.15) is 0 Å². The molecule has 0 radical (unpaired) electrons. The van der Waals surface area contributed by atoms with E-state index in [4.69, 9.17) is 9.47 Å². The third-order valence-corrected chi connectivity index (χ3v) is 5.79. The highest BCUT2D eigenvalue weighted by molar-refractivity contribution is 5.97. The summed E-state index contributed by atoms with van der Waals surface area (Å²) in [5.74, 6) is 2.20. The van der Waals surface area contributed by atoms with Gasteiger partial charge in [-0.3, -0.25) is 4.79 Å². The van der Waals surface area contributed by atoms with Gasteiger partial charge >= 0.3 is 0 Å². The van der Waals surface area contributed by atoms with Crippen LogP contribution in [0.4, 0.5) is 0 Å². The number of benzene rings is 2. The molecule has 1 saturated heterocycles. The van der Waals surface area contributed by atoms with Crippen LogP contribution in [0.5, 0.6) is 17.2 Å².